The van der Waals surface area contributed by atoms with Crippen LogP contribution >= 0.6 is 0 Å². The highest BCUT2D eigenvalue weighted by Gasteiger charge is 2.21. The predicted octanol–water partition coefficient (Wildman–Crippen LogP) is 5.37. The smallest absolute Gasteiger partial charge is 0.253 e. The van der Waals surface area contributed by atoms with E-state index in [2.05, 4.69) is 0 Å². The van der Waals surface area contributed by atoms with E-state index in [1.165, 1.54) is 18.2 Å². The number of aldehydes is 1. The molecule has 0 aromatic heterocycles. The molecule has 0 rings (SSSR count). The first kappa shape index (κ1) is 27.1. The summed E-state index contributed by atoms with van der Waals surface area (Å²) in [7, 11) is 0. The van der Waals surface area contributed by atoms with E-state index < -0.39 is 21.2 Å². The fourth-order valence-corrected chi connectivity index (χ4v) is 2.76. The minimum absolute atomic E-state index is 0.0334. The molecule has 0 aliphatic carbocycles. The molecule has 0 spiro atoms. The Morgan fingerprint density at radius 1 is 0.700 bits per heavy atom. The molecule has 0 unspecified atom stereocenters. The van der Waals surface area contributed by atoms with Crippen LogP contribution in [0.5, 0.6) is 0 Å². The molecule has 0 N–H and O–H groups in total. The molecule has 0 amide bonds. The normalized spacial score (nSPS) is 12.6. The second-order valence-corrected chi connectivity index (χ2v) is 6.89. The topological polar surface area (TPSA) is 146 Å². The van der Waals surface area contributed by atoms with Gasteiger partial charge in [-0.25, -0.2) is 0 Å². The van der Waals surface area contributed by atoms with Gasteiger partial charge in [-0.2, -0.15) is 0 Å². The van der Waals surface area contributed by atoms with Gasteiger partial charge in [-0.1, -0.05) is 32.6 Å². The van der Waals surface area contributed by atoms with Crippen LogP contribution in [-0.2, 0) is 4.79 Å². The summed E-state index contributed by atoms with van der Waals surface area (Å²) in [6.45, 7) is 2.01. The summed E-state index contributed by atoms with van der Waals surface area (Å²) < 4.78 is 0. The standard InChI is InChI=1S/C20H31N3O7/c1-2-3-4-8-13-19(22(27)28)17-20(23(29)30)15-11-14-18(21(25)26)12-9-6-5-7-10-16-24/h13-16H,2-12,17H2,1H3/b18-14+,19-13+,20-15+. The predicted molar refractivity (Wildman–Crippen MR) is 112 cm³/mol. The summed E-state index contributed by atoms with van der Waals surface area (Å²) in [4.78, 5) is 42.0. The monoisotopic (exact) mass is 425 g/mol. The first-order valence-corrected chi connectivity index (χ1v) is 10.3. The van der Waals surface area contributed by atoms with E-state index in [4.69, 9.17) is 0 Å². The molecule has 0 atom stereocenters. The lowest BCUT2D eigenvalue weighted by Gasteiger charge is -2.00. The van der Waals surface area contributed by atoms with E-state index in [-0.39, 0.29) is 29.9 Å². The molecule has 0 saturated carbocycles. The Bertz CT molecular complexity index is 669. The lowest BCUT2D eigenvalue weighted by atomic mass is 10.1. The van der Waals surface area contributed by atoms with E-state index in [0.717, 1.165) is 44.8 Å². The number of carbonyl (C=O) groups is 1. The Kier molecular flexibility index (Phi) is 15.3. The maximum atomic E-state index is 11.2. The van der Waals surface area contributed by atoms with Gasteiger partial charge in [-0.15, -0.1) is 0 Å². The van der Waals surface area contributed by atoms with Crippen molar-refractivity contribution in [3.05, 3.63) is 65.7 Å². The van der Waals surface area contributed by atoms with E-state index in [0.29, 0.717) is 19.3 Å². The maximum Gasteiger partial charge on any atom is 0.253 e. The van der Waals surface area contributed by atoms with E-state index in [9.17, 15) is 35.1 Å². The first-order chi connectivity index (χ1) is 14.3. The van der Waals surface area contributed by atoms with Crippen molar-refractivity contribution in [3.63, 3.8) is 0 Å². The number of nitro groups is 3. The SMILES string of the molecule is CCCCC/C=C(\C/C(=C\C/C=C(\CCCCCCC=O)[N+](=O)[O-])[N+](=O)[O-])[N+](=O)[O-]. The van der Waals surface area contributed by atoms with Crippen LogP contribution in [-0.4, -0.2) is 21.1 Å². The van der Waals surface area contributed by atoms with Crippen LogP contribution < -0.4 is 0 Å². The molecular formula is C20H31N3O7. The maximum absolute atomic E-state index is 11.2. The van der Waals surface area contributed by atoms with Crippen molar-refractivity contribution in [2.24, 2.45) is 0 Å². The molecule has 30 heavy (non-hydrogen) atoms. The number of unbranched alkanes of at least 4 members (excludes halogenated alkanes) is 7. The molecular weight excluding hydrogens is 394 g/mol. The average Bonchev–Trinajstić information content (AvgIpc) is 2.69. The van der Waals surface area contributed by atoms with Crippen molar-refractivity contribution in [3.8, 4) is 0 Å². The minimum atomic E-state index is -0.684. The zero-order valence-corrected chi connectivity index (χ0v) is 17.5. The van der Waals surface area contributed by atoms with Gasteiger partial charge < -0.3 is 4.79 Å². The highest BCUT2D eigenvalue weighted by atomic mass is 16.6. The van der Waals surface area contributed by atoms with Crippen LogP contribution in [0.4, 0.5) is 0 Å². The summed E-state index contributed by atoms with van der Waals surface area (Å²) in [6, 6.07) is 0. The van der Waals surface area contributed by atoms with Gasteiger partial charge in [0.25, 0.3) is 11.4 Å². The van der Waals surface area contributed by atoms with Crippen LogP contribution in [0, 0.1) is 30.3 Å². The van der Waals surface area contributed by atoms with Crippen LogP contribution in [0.25, 0.3) is 0 Å². The Labute approximate surface area is 176 Å². The number of allylic oxidation sites excluding steroid dienone is 4. The Hall–Kier alpha value is -2.91. The zero-order valence-electron chi connectivity index (χ0n) is 17.5. The average molecular weight is 425 g/mol. The molecule has 10 heteroatoms. The van der Waals surface area contributed by atoms with Crippen molar-refractivity contribution in [1.82, 2.24) is 0 Å². The van der Waals surface area contributed by atoms with Gasteiger partial charge >= 0.3 is 0 Å². The molecule has 168 valence electrons. The quantitative estimate of drug-likeness (QED) is 0.124. The molecule has 10 nitrogen and oxygen atoms in total. The molecule has 0 fully saturated rings. The molecule has 0 saturated heterocycles. The Morgan fingerprint density at radius 3 is 1.80 bits per heavy atom. The molecule has 0 aliphatic rings. The van der Waals surface area contributed by atoms with Crippen LogP contribution in [0.15, 0.2) is 35.3 Å². The molecule has 0 bridgehead atoms. The Morgan fingerprint density at radius 2 is 1.23 bits per heavy atom. The molecule has 0 aromatic carbocycles. The van der Waals surface area contributed by atoms with Gasteiger partial charge in [-0.05, 0) is 50.3 Å². The van der Waals surface area contributed by atoms with Gasteiger partial charge in [0, 0.05) is 12.8 Å². The van der Waals surface area contributed by atoms with Gasteiger partial charge in [-0.3, -0.25) is 30.3 Å². The van der Waals surface area contributed by atoms with E-state index in [1.54, 1.807) is 0 Å². The fraction of sp³-hybridized carbons (Fsp3) is 0.650. The summed E-state index contributed by atoms with van der Waals surface area (Å²) in [5.74, 6) is 0. The first-order valence-electron chi connectivity index (χ1n) is 10.3. The largest absolute Gasteiger partial charge is 0.303 e. The number of hydrogen-bond donors (Lipinski definition) is 0. The molecule has 0 aliphatic heterocycles. The second kappa shape index (κ2) is 17.0. The summed E-state index contributed by atoms with van der Waals surface area (Å²) >= 11 is 0. The van der Waals surface area contributed by atoms with Crippen LogP contribution in [0.3, 0.4) is 0 Å². The summed E-state index contributed by atoms with van der Waals surface area (Å²) in [5, 5.41) is 33.6. The number of rotatable bonds is 18. The highest BCUT2D eigenvalue weighted by Crippen LogP contribution is 2.17. The van der Waals surface area contributed by atoms with Crippen molar-refractivity contribution in [2.75, 3.05) is 0 Å². The van der Waals surface area contributed by atoms with Gasteiger partial charge in [0.15, 0.2) is 0 Å². The molecule has 0 aromatic rings. The van der Waals surface area contributed by atoms with Gasteiger partial charge in [0.1, 0.15) is 12.7 Å². The number of nitrogens with zero attached hydrogens (tertiary/aromatic N) is 3. The third-order valence-electron chi connectivity index (χ3n) is 4.47. The van der Waals surface area contributed by atoms with Crippen LogP contribution in [0.1, 0.15) is 84.0 Å². The van der Waals surface area contributed by atoms with E-state index >= 15 is 0 Å². The van der Waals surface area contributed by atoms with Crippen molar-refractivity contribution >= 4 is 6.29 Å². The number of carbonyl (C=O) groups excluding carboxylic acids is 1. The summed E-state index contributed by atoms with van der Waals surface area (Å²) in [5.41, 5.74) is -0.613. The third kappa shape index (κ3) is 13.3. The lowest BCUT2D eigenvalue weighted by Crippen LogP contribution is -2.06. The fourth-order valence-electron chi connectivity index (χ4n) is 2.76. The second-order valence-electron chi connectivity index (χ2n) is 6.89. The van der Waals surface area contributed by atoms with Gasteiger partial charge in [0.05, 0.1) is 14.8 Å². The Balaban J connectivity index is 4.97. The zero-order chi connectivity index (χ0) is 22.8. The van der Waals surface area contributed by atoms with Crippen molar-refractivity contribution in [2.45, 2.75) is 84.0 Å². The molecule has 0 heterocycles. The van der Waals surface area contributed by atoms with Crippen molar-refractivity contribution < 1.29 is 19.6 Å². The van der Waals surface area contributed by atoms with Crippen LogP contribution in [0.2, 0.25) is 0 Å². The lowest BCUT2D eigenvalue weighted by molar-refractivity contribution is -0.450. The third-order valence-corrected chi connectivity index (χ3v) is 4.47. The van der Waals surface area contributed by atoms with Crippen molar-refractivity contribution in [1.29, 1.82) is 0 Å². The highest BCUT2D eigenvalue weighted by molar-refractivity contribution is 5.48. The van der Waals surface area contributed by atoms with E-state index in [1.807, 2.05) is 6.92 Å². The van der Waals surface area contributed by atoms with Gasteiger partial charge in [0.2, 0.25) is 5.70 Å². The molecule has 0 radical (unpaired) electrons. The summed E-state index contributed by atoms with van der Waals surface area (Å²) in [6.07, 6.45) is 11.0. The minimum Gasteiger partial charge on any atom is -0.303 e. The number of hydrogen-bond acceptors (Lipinski definition) is 7.